The molecule has 0 aromatic carbocycles. The lowest BCUT2D eigenvalue weighted by molar-refractivity contribution is 0.166. The number of methoxy groups -OCH3 is 1. The molecule has 70 valence electrons. The van der Waals surface area contributed by atoms with Crippen molar-refractivity contribution in [3.05, 3.63) is 12.7 Å². The molecule has 0 spiro atoms. The van der Waals surface area contributed by atoms with Crippen molar-refractivity contribution >= 4 is 6.08 Å². The maximum atomic E-state index is 5.06. The van der Waals surface area contributed by atoms with Gasteiger partial charge >= 0.3 is 6.08 Å². The average Bonchev–Trinajstić information content (AvgIpc) is 2.10. The third-order valence-corrected chi connectivity index (χ3v) is 0.915. The van der Waals surface area contributed by atoms with E-state index in [1.54, 1.807) is 13.2 Å². The van der Waals surface area contributed by atoms with Gasteiger partial charge in [0.1, 0.15) is 13.3 Å². The van der Waals surface area contributed by atoms with Crippen molar-refractivity contribution < 1.29 is 14.2 Å². The lowest BCUT2D eigenvalue weighted by Crippen LogP contribution is -2.11. The van der Waals surface area contributed by atoms with E-state index in [1.807, 2.05) is 6.92 Å². The molecule has 0 aliphatic heterocycles. The van der Waals surface area contributed by atoms with Crippen molar-refractivity contribution in [1.29, 1.82) is 0 Å². The number of aliphatic imine (C=N–C) groups is 1. The maximum absolute atomic E-state index is 5.06. The molecule has 0 saturated heterocycles. The van der Waals surface area contributed by atoms with E-state index < -0.39 is 0 Å². The molecular weight excluding hydrogens is 158 g/mol. The maximum Gasteiger partial charge on any atom is 0.386 e. The van der Waals surface area contributed by atoms with Gasteiger partial charge in [0, 0.05) is 7.11 Å². The molecule has 0 radical (unpaired) electrons. The number of hydrogen-bond acceptors (Lipinski definition) is 4. The molecule has 0 heterocycles. The second-order valence-electron chi connectivity index (χ2n) is 1.87. The quantitative estimate of drug-likeness (QED) is 0.356. The topological polar surface area (TPSA) is 40.0 Å². The molecule has 0 N–H and O–H groups in total. The first-order chi connectivity index (χ1) is 5.85. The Morgan fingerprint density at radius 2 is 2.25 bits per heavy atom. The van der Waals surface area contributed by atoms with Gasteiger partial charge in [-0.15, -0.1) is 0 Å². The van der Waals surface area contributed by atoms with Crippen LogP contribution < -0.4 is 0 Å². The molecule has 0 aromatic heterocycles. The highest BCUT2D eigenvalue weighted by Crippen LogP contribution is 1.87. The summed E-state index contributed by atoms with van der Waals surface area (Å²) in [5.41, 5.74) is 0. The van der Waals surface area contributed by atoms with Crippen molar-refractivity contribution in [3.8, 4) is 0 Å². The Hall–Kier alpha value is -1.03. The fraction of sp³-hybridized carbons (Fsp3) is 0.625. The Morgan fingerprint density at radius 1 is 1.50 bits per heavy atom. The fourth-order valence-electron chi connectivity index (χ4n) is 0.504. The van der Waals surface area contributed by atoms with Crippen molar-refractivity contribution in [2.24, 2.45) is 4.99 Å². The predicted molar refractivity (Wildman–Crippen MR) is 47.1 cm³/mol. The molecule has 0 rings (SSSR count). The van der Waals surface area contributed by atoms with Crippen LogP contribution in [0.4, 0.5) is 0 Å². The Kier molecular flexibility index (Phi) is 7.38. The summed E-state index contributed by atoms with van der Waals surface area (Å²) in [4.78, 5) is 3.87. The van der Waals surface area contributed by atoms with Crippen molar-refractivity contribution in [2.75, 3.05) is 27.1 Å². The normalized spacial score (nSPS) is 11.0. The Morgan fingerprint density at radius 3 is 2.75 bits per heavy atom. The highest BCUT2D eigenvalue weighted by Gasteiger charge is 1.97. The molecule has 0 unspecified atom stereocenters. The van der Waals surface area contributed by atoms with Gasteiger partial charge in [0.15, 0.2) is 0 Å². The number of rotatable bonds is 5. The molecule has 0 aliphatic rings. The van der Waals surface area contributed by atoms with E-state index in [9.17, 15) is 0 Å². The number of ether oxygens (including phenoxy) is 3. The third kappa shape index (κ3) is 5.73. The van der Waals surface area contributed by atoms with Crippen LogP contribution >= 0.6 is 0 Å². The van der Waals surface area contributed by atoms with Gasteiger partial charge in [-0.05, 0) is 6.92 Å². The first-order valence-corrected chi connectivity index (χ1v) is 3.75. The summed E-state index contributed by atoms with van der Waals surface area (Å²) in [5, 5.41) is 0. The lowest BCUT2D eigenvalue weighted by atomic mass is 10.7. The molecule has 0 amide bonds. The minimum Gasteiger partial charge on any atom is -0.451 e. The van der Waals surface area contributed by atoms with Gasteiger partial charge < -0.3 is 14.2 Å². The van der Waals surface area contributed by atoms with Gasteiger partial charge in [-0.25, -0.2) is 0 Å². The van der Waals surface area contributed by atoms with Gasteiger partial charge in [0.05, 0.1) is 6.61 Å². The van der Waals surface area contributed by atoms with Crippen molar-refractivity contribution in [2.45, 2.75) is 6.92 Å². The van der Waals surface area contributed by atoms with E-state index in [0.29, 0.717) is 13.2 Å². The monoisotopic (exact) mass is 173 g/mol. The summed E-state index contributed by atoms with van der Waals surface area (Å²) in [6, 6.07) is 0. The molecule has 0 fully saturated rings. The van der Waals surface area contributed by atoms with Crippen LogP contribution in [-0.4, -0.2) is 33.1 Å². The van der Waals surface area contributed by atoms with Crippen LogP contribution in [0.3, 0.4) is 0 Å². The summed E-state index contributed by atoms with van der Waals surface area (Å²) in [6.45, 7) is 6.53. The summed E-state index contributed by atoms with van der Waals surface area (Å²) in [5.74, 6) is 0. The summed E-state index contributed by atoms with van der Waals surface area (Å²) in [7, 11) is 1.56. The van der Waals surface area contributed by atoms with Crippen LogP contribution in [0.5, 0.6) is 0 Å². The third-order valence-electron chi connectivity index (χ3n) is 0.915. The average molecular weight is 173 g/mol. The van der Waals surface area contributed by atoms with E-state index in [0.717, 1.165) is 0 Å². The van der Waals surface area contributed by atoms with E-state index in [-0.39, 0.29) is 12.8 Å². The minimum atomic E-state index is 0.243. The van der Waals surface area contributed by atoms with Crippen molar-refractivity contribution in [3.63, 3.8) is 0 Å². The second kappa shape index (κ2) is 8.07. The van der Waals surface area contributed by atoms with Crippen LogP contribution in [0, 0.1) is 0 Å². The zero-order valence-corrected chi connectivity index (χ0v) is 7.58. The number of hydrogen-bond donors (Lipinski definition) is 0. The smallest absolute Gasteiger partial charge is 0.386 e. The molecule has 0 aliphatic carbocycles. The molecule has 12 heavy (non-hydrogen) atoms. The molecular formula is C8H15NO3. The molecule has 0 aromatic rings. The van der Waals surface area contributed by atoms with E-state index in [2.05, 4.69) is 11.6 Å². The molecule has 4 heteroatoms. The number of nitrogens with zero attached hydrogens (tertiary/aromatic N) is 1. The molecule has 0 bridgehead atoms. The SMILES string of the molecule is C=CCOC(=NCOC)OCC. The first-order valence-electron chi connectivity index (χ1n) is 3.75. The van der Waals surface area contributed by atoms with Crippen LogP contribution in [0.2, 0.25) is 0 Å². The van der Waals surface area contributed by atoms with E-state index in [1.165, 1.54) is 0 Å². The standard InChI is InChI=1S/C8H15NO3/c1-4-6-12-8(11-5-2)9-7-10-3/h4H,1,5-7H2,2-3H3. The second-order valence-corrected chi connectivity index (χ2v) is 1.87. The van der Waals surface area contributed by atoms with Gasteiger partial charge in [0.2, 0.25) is 0 Å². The Labute approximate surface area is 72.8 Å². The van der Waals surface area contributed by atoms with Crippen LogP contribution in [0.25, 0.3) is 0 Å². The van der Waals surface area contributed by atoms with Gasteiger partial charge in [0.25, 0.3) is 0 Å². The summed E-state index contributed by atoms with van der Waals surface area (Å²) < 4.78 is 14.8. The van der Waals surface area contributed by atoms with Crippen LogP contribution in [0.1, 0.15) is 6.92 Å². The molecule has 4 nitrogen and oxygen atoms in total. The van der Waals surface area contributed by atoms with E-state index >= 15 is 0 Å². The van der Waals surface area contributed by atoms with Gasteiger partial charge in [-0.2, -0.15) is 4.99 Å². The molecule has 0 atom stereocenters. The van der Waals surface area contributed by atoms with Crippen LogP contribution in [-0.2, 0) is 14.2 Å². The van der Waals surface area contributed by atoms with Gasteiger partial charge in [-0.1, -0.05) is 12.7 Å². The highest BCUT2D eigenvalue weighted by atomic mass is 16.7. The minimum absolute atomic E-state index is 0.243. The summed E-state index contributed by atoms with van der Waals surface area (Å²) >= 11 is 0. The summed E-state index contributed by atoms with van der Waals surface area (Å²) in [6.07, 6.45) is 1.88. The lowest BCUT2D eigenvalue weighted by Gasteiger charge is -2.06. The Balaban J connectivity index is 3.75. The Bertz CT molecular complexity index is 145. The highest BCUT2D eigenvalue weighted by molar-refractivity contribution is 5.66. The van der Waals surface area contributed by atoms with E-state index in [4.69, 9.17) is 14.2 Å². The van der Waals surface area contributed by atoms with Crippen LogP contribution in [0.15, 0.2) is 17.6 Å². The fourth-order valence-corrected chi connectivity index (χ4v) is 0.504. The largest absolute Gasteiger partial charge is 0.451 e. The zero-order valence-electron chi connectivity index (χ0n) is 7.58. The zero-order chi connectivity index (χ0) is 9.23. The van der Waals surface area contributed by atoms with Crippen molar-refractivity contribution in [1.82, 2.24) is 0 Å². The molecule has 0 saturated carbocycles. The van der Waals surface area contributed by atoms with Gasteiger partial charge in [-0.3, -0.25) is 0 Å². The first kappa shape index (κ1) is 11.0. The predicted octanol–water partition coefficient (Wildman–Crippen LogP) is 1.19.